The molecule has 0 aromatic heterocycles. The SMILES string of the molecule is O=C(OCc1ccccc1)N1CCC2(CC1)CN(S(=O)(=O)Cc1ccc(C(F)F)cc1)c1ccccc12. The van der Waals surface area contributed by atoms with Gasteiger partial charge in [0.25, 0.3) is 6.43 Å². The first kappa shape index (κ1) is 25.2. The quantitative estimate of drug-likeness (QED) is 0.417. The Hall–Kier alpha value is -3.46. The van der Waals surface area contributed by atoms with Crippen molar-refractivity contribution in [2.75, 3.05) is 23.9 Å². The van der Waals surface area contributed by atoms with Gasteiger partial charge in [-0.1, -0.05) is 72.8 Å². The summed E-state index contributed by atoms with van der Waals surface area (Å²) in [6.45, 7) is 1.42. The summed E-state index contributed by atoms with van der Waals surface area (Å²) in [5.74, 6) is -0.279. The van der Waals surface area contributed by atoms with Crippen LogP contribution in [0.4, 0.5) is 19.3 Å². The Labute approximate surface area is 215 Å². The van der Waals surface area contributed by atoms with E-state index in [1.54, 1.807) is 4.90 Å². The van der Waals surface area contributed by atoms with Crippen LogP contribution in [0, 0.1) is 0 Å². The van der Waals surface area contributed by atoms with Crippen LogP contribution in [0.3, 0.4) is 0 Å². The second-order valence-corrected chi connectivity index (χ2v) is 11.5. The summed E-state index contributed by atoms with van der Waals surface area (Å²) < 4.78 is 59.7. The molecule has 194 valence electrons. The topological polar surface area (TPSA) is 66.9 Å². The lowest BCUT2D eigenvalue weighted by molar-refractivity contribution is 0.0791. The molecule has 1 amide bonds. The van der Waals surface area contributed by atoms with Crippen molar-refractivity contribution in [3.8, 4) is 0 Å². The Kier molecular flexibility index (Phi) is 6.90. The van der Waals surface area contributed by atoms with E-state index < -0.39 is 21.9 Å². The molecule has 1 spiro atoms. The van der Waals surface area contributed by atoms with E-state index in [-0.39, 0.29) is 30.6 Å². The number of halogens is 2. The highest BCUT2D eigenvalue weighted by Gasteiger charge is 2.48. The number of likely N-dealkylation sites (tertiary alicyclic amines) is 1. The van der Waals surface area contributed by atoms with E-state index in [0.717, 1.165) is 11.1 Å². The molecule has 0 unspecified atom stereocenters. The standard InChI is InChI=1S/C28H28F2N2O4S/c29-26(30)23-12-10-22(11-13-23)19-37(34,35)32-20-28(24-8-4-5-9-25(24)32)14-16-31(17-15-28)27(33)36-18-21-6-2-1-3-7-21/h1-13,26H,14-20H2. The number of alkyl halides is 2. The molecule has 2 aliphatic heterocycles. The molecule has 0 atom stereocenters. The molecule has 1 fully saturated rings. The third-order valence-corrected chi connectivity index (χ3v) is 8.99. The van der Waals surface area contributed by atoms with E-state index in [1.165, 1.54) is 28.6 Å². The number of nitrogens with zero attached hydrogens (tertiary/aromatic N) is 2. The molecular formula is C28H28F2N2O4S. The lowest BCUT2D eigenvalue weighted by Crippen LogP contribution is -2.48. The maximum absolute atomic E-state index is 13.5. The highest BCUT2D eigenvalue weighted by molar-refractivity contribution is 7.92. The Morgan fingerprint density at radius 1 is 0.892 bits per heavy atom. The smallest absolute Gasteiger partial charge is 0.410 e. The van der Waals surface area contributed by atoms with Crippen molar-refractivity contribution >= 4 is 21.8 Å². The van der Waals surface area contributed by atoms with Crippen LogP contribution in [0.1, 0.15) is 41.5 Å². The molecule has 1 saturated heterocycles. The number of anilines is 1. The Morgan fingerprint density at radius 2 is 1.54 bits per heavy atom. The van der Waals surface area contributed by atoms with Crippen LogP contribution in [0.15, 0.2) is 78.9 Å². The zero-order valence-corrected chi connectivity index (χ0v) is 21.0. The monoisotopic (exact) mass is 526 g/mol. The second-order valence-electron chi connectivity index (χ2n) is 9.63. The third-order valence-electron chi connectivity index (χ3n) is 7.29. The van der Waals surface area contributed by atoms with Crippen molar-refractivity contribution in [1.82, 2.24) is 4.90 Å². The Morgan fingerprint density at radius 3 is 2.22 bits per heavy atom. The number of sulfonamides is 1. The number of hydrogen-bond acceptors (Lipinski definition) is 4. The number of piperidine rings is 1. The van der Waals surface area contributed by atoms with Gasteiger partial charge in [-0.15, -0.1) is 0 Å². The summed E-state index contributed by atoms with van der Waals surface area (Å²) in [5.41, 5.74) is 2.44. The molecule has 5 rings (SSSR count). The molecule has 6 nitrogen and oxygen atoms in total. The van der Waals surface area contributed by atoms with Crippen LogP contribution in [0.25, 0.3) is 0 Å². The summed E-state index contributed by atoms with van der Waals surface area (Å²) in [4.78, 5) is 14.3. The highest BCUT2D eigenvalue weighted by atomic mass is 32.2. The lowest BCUT2D eigenvalue weighted by atomic mass is 9.74. The lowest BCUT2D eigenvalue weighted by Gasteiger charge is -2.39. The van der Waals surface area contributed by atoms with Crippen LogP contribution in [0.2, 0.25) is 0 Å². The summed E-state index contributed by atoms with van der Waals surface area (Å²) in [6, 6.07) is 22.4. The fourth-order valence-corrected chi connectivity index (χ4v) is 6.91. The summed E-state index contributed by atoms with van der Waals surface area (Å²) in [5, 5.41) is 0. The minimum Gasteiger partial charge on any atom is -0.445 e. The molecular weight excluding hydrogens is 498 g/mol. The van der Waals surface area contributed by atoms with Gasteiger partial charge in [0.05, 0.1) is 11.4 Å². The van der Waals surface area contributed by atoms with Crippen molar-refractivity contribution in [3.05, 3.63) is 101 Å². The van der Waals surface area contributed by atoms with E-state index in [9.17, 15) is 22.0 Å². The van der Waals surface area contributed by atoms with Crippen LogP contribution < -0.4 is 4.31 Å². The molecule has 0 bridgehead atoms. The van der Waals surface area contributed by atoms with Gasteiger partial charge >= 0.3 is 6.09 Å². The number of hydrogen-bond donors (Lipinski definition) is 0. The molecule has 2 aliphatic rings. The van der Waals surface area contributed by atoms with Crippen molar-refractivity contribution in [1.29, 1.82) is 0 Å². The second kappa shape index (κ2) is 10.1. The molecule has 0 radical (unpaired) electrons. The van der Waals surface area contributed by atoms with Gasteiger partial charge in [0.1, 0.15) is 6.61 Å². The van der Waals surface area contributed by atoms with E-state index in [4.69, 9.17) is 4.74 Å². The van der Waals surface area contributed by atoms with Crippen LogP contribution in [-0.4, -0.2) is 39.0 Å². The number of amides is 1. The summed E-state index contributed by atoms with van der Waals surface area (Å²) in [7, 11) is -3.76. The summed E-state index contributed by atoms with van der Waals surface area (Å²) in [6.07, 6.45) is -1.75. The van der Waals surface area contributed by atoms with Crippen molar-refractivity contribution < 1.29 is 26.7 Å². The number of para-hydroxylation sites is 1. The minimum absolute atomic E-state index is 0.138. The van der Waals surface area contributed by atoms with Gasteiger partial charge < -0.3 is 9.64 Å². The molecule has 3 aromatic carbocycles. The third kappa shape index (κ3) is 5.18. The fourth-order valence-electron chi connectivity index (χ4n) is 5.24. The van der Waals surface area contributed by atoms with Gasteiger partial charge in [0.15, 0.2) is 0 Å². The fraction of sp³-hybridized carbons (Fsp3) is 0.321. The molecule has 3 aromatic rings. The average molecular weight is 527 g/mol. The molecule has 0 aliphatic carbocycles. The van der Waals surface area contributed by atoms with E-state index in [1.807, 2.05) is 54.6 Å². The Bertz CT molecular complexity index is 1360. The van der Waals surface area contributed by atoms with Crippen LogP contribution in [0.5, 0.6) is 0 Å². The number of carbonyl (C=O) groups is 1. The van der Waals surface area contributed by atoms with Gasteiger partial charge in [-0.2, -0.15) is 0 Å². The van der Waals surface area contributed by atoms with Crippen molar-refractivity contribution in [3.63, 3.8) is 0 Å². The zero-order chi connectivity index (χ0) is 26.0. The average Bonchev–Trinajstić information content (AvgIpc) is 3.23. The van der Waals surface area contributed by atoms with Gasteiger partial charge in [-0.25, -0.2) is 22.0 Å². The normalized spacial score (nSPS) is 16.7. The number of rotatable bonds is 6. The predicted molar refractivity (Wildman–Crippen MR) is 137 cm³/mol. The van der Waals surface area contributed by atoms with Gasteiger partial charge in [0, 0.05) is 30.6 Å². The number of ether oxygens (including phenoxy) is 1. The molecule has 37 heavy (non-hydrogen) atoms. The van der Waals surface area contributed by atoms with Crippen molar-refractivity contribution in [2.45, 2.75) is 37.0 Å². The van der Waals surface area contributed by atoms with E-state index in [2.05, 4.69) is 0 Å². The maximum atomic E-state index is 13.5. The molecule has 0 saturated carbocycles. The van der Waals surface area contributed by atoms with Crippen LogP contribution >= 0.6 is 0 Å². The van der Waals surface area contributed by atoms with E-state index in [0.29, 0.717) is 37.2 Å². The van der Waals surface area contributed by atoms with E-state index >= 15 is 0 Å². The first-order valence-corrected chi connectivity index (χ1v) is 13.8. The maximum Gasteiger partial charge on any atom is 0.410 e. The van der Waals surface area contributed by atoms with Gasteiger partial charge in [0.2, 0.25) is 10.0 Å². The van der Waals surface area contributed by atoms with Crippen molar-refractivity contribution in [2.24, 2.45) is 0 Å². The first-order valence-electron chi connectivity index (χ1n) is 12.2. The largest absolute Gasteiger partial charge is 0.445 e. The highest BCUT2D eigenvalue weighted by Crippen LogP contribution is 2.48. The number of carbonyl (C=O) groups excluding carboxylic acids is 1. The van der Waals surface area contributed by atoms with Crippen LogP contribution in [-0.2, 0) is 32.5 Å². The van der Waals surface area contributed by atoms with Gasteiger partial charge in [-0.3, -0.25) is 4.31 Å². The molecule has 2 heterocycles. The molecule has 0 N–H and O–H groups in total. The first-order chi connectivity index (χ1) is 17.8. The van der Waals surface area contributed by atoms with Gasteiger partial charge in [-0.05, 0) is 35.6 Å². The Balaban J connectivity index is 1.28. The predicted octanol–water partition coefficient (Wildman–Crippen LogP) is 5.64. The number of benzene rings is 3. The summed E-state index contributed by atoms with van der Waals surface area (Å²) >= 11 is 0. The zero-order valence-electron chi connectivity index (χ0n) is 20.2. The minimum atomic E-state index is -3.76. The molecule has 9 heteroatoms. The number of fused-ring (bicyclic) bond motifs is 2.